The number of para-hydroxylation sites is 2. The van der Waals surface area contributed by atoms with Crippen LogP contribution in [0.3, 0.4) is 0 Å². The lowest BCUT2D eigenvalue weighted by Crippen LogP contribution is -2.48. The molecule has 3 aromatic rings. The van der Waals surface area contributed by atoms with Crippen molar-refractivity contribution in [3.8, 4) is 5.75 Å². The summed E-state index contributed by atoms with van der Waals surface area (Å²) in [6.45, 7) is 7.49. The van der Waals surface area contributed by atoms with Crippen LogP contribution in [-0.4, -0.2) is 82.7 Å². The molecule has 6 N–H and O–H groups in total. The van der Waals surface area contributed by atoms with E-state index < -0.39 is 12.1 Å². The van der Waals surface area contributed by atoms with E-state index in [0.29, 0.717) is 77.7 Å². The molecule has 5 amide bonds. The van der Waals surface area contributed by atoms with Crippen LogP contribution < -0.4 is 26.4 Å². The van der Waals surface area contributed by atoms with Crippen LogP contribution in [0.1, 0.15) is 63.0 Å². The highest BCUT2D eigenvalue weighted by Crippen LogP contribution is 2.30. The van der Waals surface area contributed by atoms with E-state index >= 15 is 0 Å². The highest BCUT2D eigenvalue weighted by Gasteiger charge is 2.32. The van der Waals surface area contributed by atoms with Crippen molar-refractivity contribution in [1.29, 1.82) is 0 Å². The summed E-state index contributed by atoms with van der Waals surface area (Å²) in [5.41, 5.74) is 9.15. The topological polar surface area (TPSA) is 192 Å². The number of ether oxygens (including phenoxy) is 1. The summed E-state index contributed by atoms with van der Waals surface area (Å²) in [6, 6.07) is 11.5. The lowest BCUT2D eigenvalue weighted by atomic mass is 10.0. The first-order chi connectivity index (χ1) is 23.9. The second kappa shape index (κ2) is 17.5. The van der Waals surface area contributed by atoms with Crippen molar-refractivity contribution in [2.75, 3.05) is 48.4 Å². The number of urea groups is 1. The van der Waals surface area contributed by atoms with E-state index in [2.05, 4.69) is 21.1 Å². The normalized spacial score (nSPS) is 16.6. The molecule has 0 saturated heterocycles. The first-order valence-corrected chi connectivity index (χ1v) is 16.9. The summed E-state index contributed by atoms with van der Waals surface area (Å²) in [6.07, 6.45) is 2.00. The number of nitrogens with one attached hydrogen (secondary N) is 3. The zero-order valence-electron chi connectivity index (χ0n) is 29.5. The Kier molecular flexibility index (Phi) is 13.2. The van der Waals surface area contributed by atoms with Crippen LogP contribution in [-0.2, 0) is 20.8 Å². The number of rotatable bonds is 13. The van der Waals surface area contributed by atoms with E-state index in [1.807, 2.05) is 6.92 Å². The summed E-state index contributed by atoms with van der Waals surface area (Å²) in [4.78, 5) is 54.9. The molecule has 2 aromatic carbocycles. The van der Waals surface area contributed by atoms with Crippen molar-refractivity contribution >= 4 is 46.5 Å². The van der Waals surface area contributed by atoms with Gasteiger partial charge in [0.05, 0.1) is 37.0 Å². The number of nitrogens with zero attached hydrogens (tertiary/aromatic N) is 3. The second-order valence-electron chi connectivity index (χ2n) is 13.0. The molecule has 0 unspecified atom stereocenters. The van der Waals surface area contributed by atoms with E-state index in [1.165, 1.54) is 4.90 Å². The van der Waals surface area contributed by atoms with Gasteiger partial charge in [-0.15, -0.1) is 0 Å². The van der Waals surface area contributed by atoms with Gasteiger partial charge in [0, 0.05) is 43.6 Å². The van der Waals surface area contributed by atoms with Crippen LogP contribution in [0, 0.1) is 19.8 Å². The van der Waals surface area contributed by atoms with Gasteiger partial charge < -0.3 is 45.9 Å². The molecule has 0 aliphatic carbocycles. The molecule has 0 saturated carbocycles. The molecule has 270 valence electrons. The molecule has 1 aliphatic heterocycles. The maximum absolute atomic E-state index is 13.6. The Morgan fingerprint density at radius 3 is 2.42 bits per heavy atom. The Hall–Kier alpha value is -5.11. The fourth-order valence-electron chi connectivity index (χ4n) is 5.74. The number of aryl methyl sites for hydroxylation is 2. The largest absolute Gasteiger partial charge is 0.488 e. The number of benzene rings is 2. The van der Waals surface area contributed by atoms with Crippen molar-refractivity contribution in [2.24, 2.45) is 5.92 Å². The zero-order chi connectivity index (χ0) is 36.4. The summed E-state index contributed by atoms with van der Waals surface area (Å²) in [5, 5.41) is 22.4. The number of hydrogen-bond acceptors (Lipinski definition) is 9. The van der Waals surface area contributed by atoms with Gasteiger partial charge in [-0.05, 0) is 63.9 Å². The number of carbonyl (C=O) groups excluding carboxylic acids is 4. The number of aliphatic hydroxyl groups excluding tert-OH is 1. The van der Waals surface area contributed by atoms with Crippen molar-refractivity contribution in [1.82, 2.24) is 15.0 Å². The maximum atomic E-state index is 13.6. The van der Waals surface area contributed by atoms with Crippen LogP contribution in [0.4, 0.5) is 27.5 Å². The lowest BCUT2D eigenvalue weighted by Gasteiger charge is -2.34. The summed E-state index contributed by atoms with van der Waals surface area (Å²) >= 11 is 0. The first-order valence-electron chi connectivity index (χ1n) is 16.9. The molecule has 14 heteroatoms. The minimum atomic E-state index is -0.513. The summed E-state index contributed by atoms with van der Waals surface area (Å²) < 4.78 is 11.7. The van der Waals surface area contributed by atoms with Gasteiger partial charge in [-0.1, -0.05) is 30.6 Å². The van der Waals surface area contributed by atoms with Crippen LogP contribution in [0.5, 0.6) is 5.75 Å². The fourth-order valence-corrected chi connectivity index (χ4v) is 5.74. The molecular weight excluding hydrogens is 642 g/mol. The average molecular weight is 692 g/mol. The molecule has 0 spiro atoms. The number of unbranched alkanes of at least 4 members (excludes halogenated alkanes) is 2. The van der Waals surface area contributed by atoms with Gasteiger partial charge in [0.2, 0.25) is 17.7 Å². The Balaban J connectivity index is 1.38. The van der Waals surface area contributed by atoms with Gasteiger partial charge in [-0.25, -0.2) is 4.79 Å². The number of aromatic nitrogens is 1. The zero-order valence-corrected chi connectivity index (χ0v) is 29.5. The van der Waals surface area contributed by atoms with Crippen LogP contribution >= 0.6 is 0 Å². The highest BCUT2D eigenvalue weighted by atomic mass is 16.5. The molecular formula is C36H49N7O7. The fraction of sp³-hybridized carbons (Fsp3) is 0.472. The highest BCUT2D eigenvalue weighted by molar-refractivity contribution is 5.94. The van der Waals surface area contributed by atoms with Crippen molar-refractivity contribution in [2.45, 2.75) is 78.4 Å². The number of aliphatic hydroxyl groups is 1. The van der Waals surface area contributed by atoms with E-state index in [4.69, 9.17) is 15.0 Å². The van der Waals surface area contributed by atoms with Crippen molar-refractivity contribution in [3.63, 3.8) is 0 Å². The smallest absolute Gasteiger partial charge is 0.321 e. The first kappa shape index (κ1) is 37.7. The maximum Gasteiger partial charge on any atom is 0.321 e. The quantitative estimate of drug-likeness (QED) is 0.125. The van der Waals surface area contributed by atoms with Crippen LogP contribution in [0.2, 0.25) is 0 Å². The van der Waals surface area contributed by atoms with Gasteiger partial charge in [0.1, 0.15) is 23.2 Å². The number of hydrogen-bond donors (Lipinski definition) is 5. The second-order valence-corrected chi connectivity index (χ2v) is 13.0. The monoisotopic (exact) mass is 691 g/mol. The number of carbonyl (C=O) groups is 4. The van der Waals surface area contributed by atoms with E-state index in [-0.39, 0.29) is 55.7 Å². The number of anilines is 4. The van der Waals surface area contributed by atoms with Crippen molar-refractivity contribution < 1.29 is 33.5 Å². The predicted octanol–water partition coefficient (Wildman–Crippen LogP) is 4.71. The number of likely N-dealkylation sites (N-methyl/N-ethyl adjacent to an activating group) is 1. The molecule has 14 nitrogen and oxygen atoms in total. The number of amides is 5. The molecule has 1 aliphatic rings. The van der Waals surface area contributed by atoms with Gasteiger partial charge >= 0.3 is 6.03 Å². The van der Waals surface area contributed by atoms with Gasteiger partial charge in [0.25, 0.3) is 0 Å². The number of nitrogen functional groups attached to an aromatic ring is 1. The summed E-state index contributed by atoms with van der Waals surface area (Å²) in [7, 11) is 1.66. The molecule has 4 rings (SSSR count). The van der Waals surface area contributed by atoms with Crippen LogP contribution in [0.15, 0.2) is 47.0 Å². The lowest BCUT2D eigenvalue weighted by molar-refractivity contribution is -0.134. The minimum absolute atomic E-state index is 0.00187. The minimum Gasteiger partial charge on any atom is -0.488 e. The third-order valence-electron chi connectivity index (χ3n) is 8.81. The third-order valence-corrected chi connectivity index (χ3v) is 8.81. The predicted molar refractivity (Wildman–Crippen MR) is 191 cm³/mol. The van der Waals surface area contributed by atoms with E-state index in [0.717, 1.165) is 0 Å². The van der Waals surface area contributed by atoms with Crippen molar-refractivity contribution in [3.05, 3.63) is 59.5 Å². The molecule has 0 fully saturated rings. The molecule has 3 atom stereocenters. The summed E-state index contributed by atoms with van der Waals surface area (Å²) in [5.74, 6) is 0.258. The number of nitrogens with two attached hydrogens (primary N) is 1. The molecule has 50 heavy (non-hydrogen) atoms. The third kappa shape index (κ3) is 10.2. The van der Waals surface area contributed by atoms with E-state index in [9.17, 15) is 24.3 Å². The Morgan fingerprint density at radius 1 is 1.06 bits per heavy atom. The van der Waals surface area contributed by atoms with Gasteiger partial charge in [0.15, 0.2) is 5.76 Å². The van der Waals surface area contributed by atoms with E-state index in [1.54, 1.807) is 75.2 Å². The van der Waals surface area contributed by atoms with Crippen LogP contribution in [0.25, 0.3) is 0 Å². The Bertz CT molecular complexity index is 1640. The average Bonchev–Trinajstić information content (AvgIpc) is 3.41. The molecule has 0 radical (unpaired) electrons. The Labute approximate surface area is 292 Å². The standard InChI is InChI=1S/C36H49N7O7/c1-22-19-43(23(2)21-44)34(47)18-26-17-27(38-32(45)13-7-6-8-14-33(46)39-29-12-10-9-11-28(29)37)15-16-30(26)49-31(22)20-42(5)36(48)40-35-24(3)41-50-25(35)4/h9-12,15-17,22-23,31,44H,6-8,13-14,18-21,37H2,1-5H3,(H,38,45)(H,39,46)(H,40,48)/t22-,23+,31-/m1/s1. The van der Waals surface area contributed by atoms with Gasteiger partial charge in [-0.3, -0.25) is 14.4 Å². The molecule has 2 heterocycles. The van der Waals surface area contributed by atoms with Gasteiger partial charge in [-0.2, -0.15) is 0 Å². The molecule has 0 bridgehead atoms. The SMILES string of the molecule is Cc1noc(C)c1NC(=O)N(C)C[C@H]1Oc2ccc(NC(=O)CCCCCC(=O)Nc3ccccc3N)cc2CC(=O)N([C@@H](C)CO)C[C@H]1C. The molecule has 1 aromatic heterocycles. The number of fused-ring (bicyclic) bond motifs is 1. The Morgan fingerprint density at radius 2 is 1.76 bits per heavy atom.